The number of aromatic carboxylic acids is 1. The first-order valence-corrected chi connectivity index (χ1v) is 8.43. The van der Waals surface area contributed by atoms with Crippen LogP contribution in [0.2, 0.25) is 0 Å². The highest BCUT2D eigenvalue weighted by atomic mass is 16.4. The molecule has 0 saturated carbocycles. The molecule has 0 aliphatic rings. The first-order valence-electron chi connectivity index (χ1n) is 8.43. The Balaban J connectivity index is 1.90. The van der Waals surface area contributed by atoms with E-state index in [1.807, 2.05) is 12.1 Å². The van der Waals surface area contributed by atoms with Crippen molar-refractivity contribution < 1.29 is 14.7 Å². The number of benzene rings is 1. The Morgan fingerprint density at radius 3 is 2.50 bits per heavy atom. The normalized spacial score (nSPS) is 10.4. The topological polar surface area (TPSA) is 118 Å². The fourth-order valence-electron chi connectivity index (χ4n) is 2.73. The van der Waals surface area contributed by atoms with Crippen LogP contribution in [0.25, 0.3) is 0 Å². The van der Waals surface area contributed by atoms with Crippen LogP contribution >= 0.6 is 0 Å². The lowest BCUT2D eigenvalue weighted by Crippen LogP contribution is -2.32. The number of rotatable bonds is 6. The van der Waals surface area contributed by atoms with Crippen molar-refractivity contribution in [1.29, 1.82) is 0 Å². The third kappa shape index (κ3) is 3.97. The molecular weight excluding hydrogens is 358 g/mol. The number of amides is 1. The highest BCUT2D eigenvalue weighted by Gasteiger charge is 2.25. The first-order chi connectivity index (χ1) is 13.5. The van der Waals surface area contributed by atoms with Crippen molar-refractivity contribution in [1.82, 2.24) is 15.8 Å². The number of carbonyl (C=O) groups excluding carboxylic acids is 1. The molecule has 8 heteroatoms. The van der Waals surface area contributed by atoms with Crippen molar-refractivity contribution in [2.24, 2.45) is 0 Å². The molecule has 0 aliphatic heterocycles. The maximum Gasteiger partial charge on any atom is 0.337 e. The summed E-state index contributed by atoms with van der Waals surface area (Å²) in [6.45, 7) is 2.01. The summed E-state index contributed by atoms with van der Waals surface area (Å²) in [7, 11) is 0. The van der Waals surface area contributed by atoms with Gasteiger partial charge in [0.25, 0.3) is 5.91 Å². The van der Waals surface area contributed by atoms with E-state index in [1.165, 1.54) is 18.3 Å². The molecule has 2 N–H and O–H groups in total. The Kier molecular flexibility index (Phi) is 5.61. The van der Waals surface area contributed by atoms with Crippen LogP contribution in [0.15, 0.2) is 61.1 Å². The number of nitrogens with zero attached hydrogens (tertiary/aromatic N) is 4. The number of hydrogen-bond acceptors (Lipinski definition) is 5. The Morgan fingerprint density at radius 2 is 1.79 bits per heavy atom. The maximum atomic E-state index is 12.9. The predicted octanol–water partition coefficient (Wildman–Crippen LogP) is 2.73. The number of pyridine rings is 2. The smallest absolute Gasteiger partial charge is 0.337 e. The van der Waals surface area contributed by atoms with Gasteiger partial charge in [0.15, 0.2) is 0 Å². The molecule has 1 aromatic carbocycles. The fraction of sp³-hybridized carbons (Fsp3) is 0.100. The SMILES string of the molecule is Cc1cccc(C(=O)O)c1N([N])C(=O)c1cccnc1NCc1ccncc1. The minimum Gasteiger partial charge on any atom is -0.478 e. The highest BCUT2D eigenvalue weighted by Crippen LogP contribution is 2.26. The van der Waals surface area contributed by atoms with Gasteiger partial charge in [0.05, 0.1) is 16.8 Å². The molecule has 1 amide bonds. The van der Waals surface area contributed by atoms with Crippen molar-refractivity contribution in [3.05, 3.63) is 83.3 Å². The van der Waals surface area contributed by atoms with Gasteiger partial charge in [0.2, 0.25) is 0 Å². The standard InChI is InChI=1S/C20H17N5O3/c1-13-4-2-5-15(20(27)28)17(13)25(21)19(26)16-6-3-9-23-18(16)24-12-14-7-10-22-11-8-14/h2-11H,12H2,1H3,(H,23,24)(H,27,28). The van der Waals surface area contributed by atoms with Gasteiger partial charge in [-0.25, -0.2) is 14.8 Å². The second-order valence-electron chi connectivity index (χ2n) is 6.00. The van der Waals surface area contributed by atoms with E-state index in [9.17, 15) is 20.5 Å². The van der Waals surface area contributed by atoms with Gasteiger partial charge in [0.1, 0.15) is 5.82 Å². The molecule has 0 aliphatic carbocycles. The number of nitrogens with one attached hydrogen (secondary N) is 1. The van der Waals surface area contributed by atoms with E-state index in [2.05, 4.69) is 15.3 Å². The Bertz CT molecular complexity index is 1010. The molecule has 28 heavy (non-hydrogen) atoms. The number of aromatic nitrogens is 2. The number of para-hydroxylation sites is 1. The van der Waals surface area contributed by atoms with Crippen LogP contribution in [-0.4, -0.2) is 27.0 Å². The van der Waals surface area contributed by atoms with Gasteiger partial charge in [-0.15, -0.1) is 0 Å². The molecule has 2 aromatic heterocycles. The molecule has 0 atom stereocenters. The van der Waals surface area contributed by atoms with Crippen LogP contribution in [0.3, 0.4) is 0 Å². The summed E-state index contributed by atoms with van der Waals surface area (Å²) in [4.78, 5) is 32.5. The zero-order valence-corrected chi connectivity index (χ0v) is 15.0. The van der Waals surface area contributed by atoms with E-state index in [4.69, 9.17) is 0 Å². The number of hydrogen-bond donors (Lipinski definition) is 2. The van der Waals surface area contributed by atoms with Crippen molar-refractivity contribution in [3.8, 4) is 0 Å². The van der Waals surface area contributed by atoms with Gasteiger partial charge in [-0.2, -0.15) is 0 Å². The summed E-state index contributed by atoms with van der Waals surface area (Å²) < 4.78 is 0. The molecule has 0 bridgehead atoms. The lowest BCUT2D eigenvalue weighted by atomic mass is 10.1. The van der Waals surface area contributed by atoms with Gasteiger partial charge in [0, 0.05) is 31.0 Å². The molecule has 3 aromatic rings. The molecule has 0 unspecified atom stereocenters. The molecule has 8 nitrogen and oxygen atoms in total. The van der Waals surface area contributed by atoms with Crippen LogP contribution in [0.1, 0.15) is 31.8 Å². The van der Waals surface area contributed by atoms with Gasteiger partial charge in [-0.3, -0.25) is 9.78 Å². The average molecular weight is 375 g/mol. The third-order valence-electron chi connectivity index (χ3n) is 4.12. The van der Waals surface area contributed by atoms with E-state index in [-0.39, 0.29) is 22.6 Å². The zero-order chi connectivity index (χ0) is 20.1. The van der Waals surface area contributed by atoms with Crippen LogP contribution in [0.5, 0.6) is 0 Å². The maximum absolute atomic E-state index is 12.9. The van der Waals surface area contributed by atoms with E-state index in [1.54, 1.807) is 37.5 Å². The third-order valence-corrected chi connectivity index (χ3v) is 4.12. The van der Waals surface area contributed by atoms with Gasteiger partial charge >= 0.3 is 5.97 Å². The van der Waals surface area contributed by atoms with Crippen molar-refractivity contribution in [3.63, 3.8) is 0 Å². The molecule has 2 heterocycles. The Morgan fingerprint density at radius 1 is 1.07 bits per heavy atom. The minimum absolute atomic E-state index is 0.0797. The molecule has 2 radical (unpaired) electrons. The fourth-order valence-corrected chi connectivity index (χ4v) is 2.73. The lowest BCUT2D eigenvalue weighted by Gasteiger charge is -2.19. The zero-order valence-electron chi connectivity index (χ0n) is 15.0. The van der Waals surface area contributed by atoms with Crippen LogP contribution in [0, 0.1) is 6.92 Å². The number of anilines is 2. The number of carboxylic acids is 1. The second kappa shape index (κ2) is 8.28. The van der Waals surface area contributed by atoms with Crippen LogP contribution in [0.4, 0.5) is 11.5 Å². The summed E-state index contributed by atoms with van der Waals surface area (Å²) in [5.41, 5.74) is 1.24. The molecule has 0 fully saturated rings. The van der Waals surface area contributed by atoms with Crippen molar-refractivity contribution in [2.45, 2.75) is 13.5 Å². The first kappa shape index (κ1) is 19.0. The van der Waals surface area contributed by atoms with E-state index in [0.29, 0.717) is 17.1 Å². The number of carboxylic acid groups (broad SMARTS) is 1. The Labute approximate surface area is 161 Å². The number of aryl methyl sites for hydroxylation is 1. The van der Waals surface area contributed by atoms with E-state index in [0.717, 1.165) is 5.56 Å². The average Bonchev–Trinajstić information content (AvgIpc) is 2.72. The largest absolute Gasteiger partial charge is 0.478 e. The summed E-state index contributed by atoms with van der Waals surface area (Å²) in [6.07, 6.45) is 4.83. The van der Waals surface area contributed by atoms with E-state index < -0.39 is 11.9 Å². The van der Waals surface area contributed by atoms with Crippen LogP contribution in [-0.2, 0) is 6.54 Å². The summed E-state index contributed by atoms with van der Waals surface area (Å²) in [5, 5.41) is 12.8. The molecule has 3 rings (SSSR count). The summed E-state index contributed by atoms with van der Waals surface area (Å²) in [5.74, 6) is 8.76. The van der Waals surface area contributed by atoms with Crippen LogP contribution < -0.4 is 16.2 Å². The summed E-state index contributed by atoms with van der Waals surface area (Å²) >= 11 is 0. The summed E-state index contributed by atoms with van der Waals surface area (Å²) in [6, 6.07) is 11.2. The minimum atomic E-state index is -1.24. The molecule has 140 valence electrons. The second-order valence-corrected chi connectivity index (χ2v) is 6.00. The quantitative estimate of drug-likeness (QED) is 0.640. The monoisotopic (exact) mass is 375 g/mol. The van der Waals surface area contributed by atoms with Gasteiger partial charge in [-0.1, -0.05) is 12.1 Å². The number of carbonyl (C=O) groups is 2. The molecular formula is C20H17N5O3. The van der Waals surface area contributed by atoms with Crippen molar-refractivity contribution in [2.75, 3.05) is 10.3 Å². The van der Waals surface area contributed by atoms with Crippen molar-refractivity contribution >= 4 is 23.4 Å². The van der Waals surface area contributed by atoms with Gasteiger partial charge < -0.3 is 10.4 Å². The molecule has 0 saturated heterocycles. The van der Waals surface area contributed by atoms with E-state index >= 15 is 0 Å². The molecule has 0 spiro atoms. The lowest BCUT2D eigenvalue weighted by molar-refractivity contribution is 0.0697. The Hall–Kier alpha value is -3.78. The predicted molar refractivity (Wildman–Crippen MR) is 103 cm³/mol. The highest BCUT2D eigenvalue weighted by molar-refractivity contribution is 6.11. The van der Waals surface area contributed by atoms with Gasteiger partial charge in [-0.05, 0) is 48.4 Å².